The van der Waals surface area contributed by atoms with Crippen LogP contribution in [0.25, 0.3) is 5.57 Å². The quantitative estimate of drug-likeness (QED) is 0.847. The molecule has 0 saturated heterocycles. The minimum Gasteiger partial charge on any atom is -0.360 e. The predicted octanol–water partition coefficient (Wildman–Crippen LogP) is 2.08. The summed E-state index contributed by atoms with van der Waals surface area (Å²) in [5.74, 6) is -0.172. The normalized spacial score (nSPS) is 11.1. The first kappa shape index (κ1) is 12.2. The second kappa shape index (κ2) is 5.37. The van der Waals surface area contributed by atoms with Gasteiger partial charge in [0.15, 0.2) is 0 Å². The van der Waals surface area contributed by atoms with Gasteiger partial charge in [0.1, 0.15) is 17.5 Å². The molecule has 0 atom stereocenters. The van der Waals surface area contributed by atoms with Crippen LogP contribution in [0.5, 0.6) is 0 Å². The summed E-state index contributed by atoms with van der Waals surface area (Å²) < 4.78 is 13.3. The highest BCUT2D eigenvalue weighted by atomic mass is 79.9. The molecule has 0 radical (unpaired) electrons. The molecule has 0 bridgehead atoms. The number of rotatable bonds is 3. The number of hydrogen-bond donors (Lipinski definition) is 2. The number of nitrogens with zero attached hydrogens (tertiary/aromatic N) is 4. The number of nitrogens with one attached hydrogen (secondary N) is 2. The largest absolute Gasteiger partial charge is 0.360 e. The number of allylic oxidation sites excluding steroid dienone is 1. The minimum atomic E-state index is -0.358. The van der Waals surface area contributed by atoms with Crippen molar-refractivity contribution >= 4 is 27.2 Å². The van der Waals surface area contributed by atoms with Crippen molar-refractivity contribution < 1.29 is 4.39 Å². The van der Waals surface area contributed by atoms with Crippen LogP contribution < -0.4 is 5.32 Å². The lowest BCUT2D eigenvalue weighted by Gasteiger charge is -2.02. The van der Waals surface area contributed by atoms with Crippen LogP contribution in [0.4, 0.5) is 10.1 Å². The highest BCUT2D eigenvalue weighted by molar-refractivity contribution is 9.10. The highest BCUT2D eigenvalue weighted by Gasteiger charge is 2.05. The van der Waals surface area contributed by atoms with Crippen LogP contribution in [0.3, 0.4) is 0 Å². The molecule has 0 aliphatic rings. The van der Waals surface area contributed by atoms with Gasteiger partial charge in [-0.25, -0.2) is 4.39 Å². The van der Waals surface area contributed by atoms with Crippen molar-refractivity contribution in [3.05, 3.63) is 40.5 Å². The van der Waals surface area contributed by atoms with Gasteiger partial charge >= 0.3 is 0 Å². The van der Waals surface area contributed by atoms with Gasteiger partial charge in [0, 0.05) is 11.9 Å². The lowest BCUT2D eigenvalue weighted by molar-refractivity contribution is 0.621. The fourth-order valence-electron chi connectivity index (χ4n) is 1.16. The summed E-state index contributed by atoms with van der Waals surface area (Å²) >= 11 is 3.07. The molecule has 0 amide bonds. The van der Waals surface area contributed by atoms with Crippen molar-refractivity contribution in [2.45, 2.75) is 0 Å². The minimum absolute atomic E-state index is 0.186. The Kier molecular flexibility index (Phi) is 3.64. The lowest BCUT2D eigenvalue weighted by atomic mass is 10.3. The molecular weight excluding hydrogens is 303 g/mol. The smallest absolute Gasteiger partial charge is 0.216 e. The number of nitriles is 1. The van der Waals surface area contributed by atoms with Crippen LogP contribution >= 0.6 is 15.9 Å². The maximum Gasteiger partial charge on any atom is 0.216 e. The Morgan fingerprint density at radius 1 is 1.56 bits per heavy atom. The molecule has 0 aliphatic carbocycles. The van der Waals surface area contributed by atoms with Crippen LogP contribution in [0.1, 0.15) is 5.82 Å². The second-order valence-corrected chi connectivity index (χ2v) is 4.03. The summed E-state index contributed by atoms with van der Waals surface area (Å²) in [4.78, 5) is 0. The molecule has 8 heteroatoms. The van der Waals surface area contributed by atoms with Crippen molar-refractivity contribution in [3.63, 3.8) is 0 Å². The van der Waals surface area contributed by atoms with E-state index in [0.29, 0.717) is 10.2 Å². The Morgan fingerprint density at radius 3 is 3.00 bits per heavy atom. The average molecular weight is 309 g/mol. The third-order valence-corrected chi connectivity index (χ3v) is 2.62. The first-order chi connectivity index (χ1) is 8.70. The van der Waals surface area contributed by atoms with E-state index in [1.165, 1.54) is 12.3 Å². The Morgan fingerprint density at radius 2 is 2.39 bits per heavy atom. The Balaban J connectivity index is 2.19. The van der Waals surface area contributed by atoms with Crippen LogP contribution in [0, 0.1) is 17.1 Å². The first-order valence-electron chi connectivity index (χ1n) is 4.76. The highest BCUT2D eigenvalue weighted by Crippen LogP contribution is 2.20. The van der Waals surface area contributed by atoms with E-state index in [9.17, 15) is 4.39 Å². The van der Waals surface area contributed by atoms with E-state index in [4.69, 9.17) is 5.26 Å². The number of aromatic nitrogens is 4. The van der Waals surface area contributed by atoms with Gasteiger partial charge in [0.05, 0.1) is 4.47 Å². The molecular formula is C10H6BrFN6. The monoisotopic (exact) mass is 308 g/mol. The summed E-state index contributed by atoms with van der Waals surface area (Å²) in [5, 5.41) is 24.8. The number of hydrogen-bond acceptors (Lipinski definition) is 5. The zero-order valence-corrected chi connectivity index (χ0v) is 10.4. The van der Waals surface area contributed by atoms with Gasteiger partial charge in [-0.05, 0) is 39.3 Å². The van der Waals surface area contributed by atoms with Gasteiger partial charge in [0.2, 0.25) is 5.82 Å². The van der Waals surface area contributed by atoms with E-state index in [1.807, 2.05) is 6.07 Å². The van der Waals surface area contributed by atoms with E-state index in [0.717, 1.165) is 0 Å². The molecule has 1 aromatic heterocycles. The number of aromatic amines is 1. The van der Waals surface area contributed by atoms with Crippen LogP contribution in [-0.2, 0) is 0 Å². The standard InChI is InChI=1S/C10H6BrFN6/c11-8-3-7(1-2-9(8)12)14-5-6(4-13)10-15-17-18-16-10/h1-3,5,14H,(H,15,16,17,18). The second-order valence-electron chi connectivity index (χ2n) is 3.18. The Hall–Kier alpha value is -2.27. The van der Waals surface area contributed by atoms with Gasteiger partial charge in [-0.2, -0.15) is 10.5 Å². The third kappa shape index (κ3) is 2.70. The maximum absolute atomic E-state index is 13.0. The first-order valence-corrected chi connectivity index (χ1v) is 5.55. The summed E-state index contributed by atoms with van der Waals surface area (Å²) in [6.07, 6.45) is 1.42. The molecule has 0 aliphatic heterocycles. The predicted molar refractivity (Wildman–Crippen MR) is 65.5 cm³/mol. The van der Waals surface area contributed by atoms with Gasteiger partial charge in [0.25, 0.3) is 0 Å². The van der Waals surface area contributed by atoms with Gasteiger partial charge in [-0.1, -0.05) is 0 Å². The molecule has 0 spiro atoms. The van der Waals surface area contributed by atoms with E-state index in [2.05, 4.69) is 41.9 Å². The van der Waals surface area contributed by atoms with Gasteiger partial charge in [-0.3, -0.25) is 0 Å². The summed E-state index contributed by atoms with van der Waals surface area (Å²) in [5.41, 5.74) is 0.837. The van der Waals surface area contributed by atoms with Crippen LogP contribution in [0.2, 0.25) is 0 Å². The van der Waals surface area contributed by atoms with Crippen molar-refractivity contribution in [1.82, 2.24) is 20.6 Å². The Bertz CT molecular complexity index is 616. The topological polar surface area (TPSA) is 90.3 Å². The molecule has 1 heterocycles. The van der Waals surface area contributed by atoms with Crippen molar-refractivity contribution in [2.75, 3.05) is 5.32 Å². The van der Waals surface area contributed by atoms with Crippen molar-refractivity contribution in [1.29, 1.82) is 5.26 Å². The zero-order valence-electron chi connectivity index (χ0n) is 8.85. The maximum atomic E-state index is 13.0. The number of anilines is 1. The molecule has 6 nitrogen and oxygen atoms in total. The number of halogens is 2. The van der Waals surface area contributed by atoms with Crippen LogP contribution in [-0.4, -0.2) is 20.6 Å². The van der Waals surface area contributed by atoms with E-state index in [-0.39, 0.29) is 17.2 Å². The molecule has 1 aromatic carbocycles. The molecule has 0 fully saturated rings. The van der Waals surface area contributed by atoms with Crippen LogP contribution in [0.15, 0.2) is 28.9 Å². The fourth-order valence-corrected chi connectivity index (χ4v) is 1.54. The third-order valence-electron chi connectivity index (χ3n) is 2.01. The summed E-state index contributed by atoms with van der Waals surface area (Å²) in [6.45, 7) is 0. The summed E-state index contributed by atoms with van der Waals surface area (Å²) in [7, 11) is 0. The van der Waals surface area contributed by atoms with Gasteiger partial charge in [-0.15, -0.1) is 10.2 Å². The number of tetrazole rings is 1. The molecule has 2 aromatic rings. The van der Waals surface area contributed by atoms with Gasteiger partial charge < -0.3 is 5.32 Å². The zero-order chi connectivity index (χ0) is 13.0. The summed E-state index contributed by atoms with van der Waals surface area (Å²) in [6, 6.07) is 6.33. The van der Waals surface area contributed by atoms with E-state index >= 15 is 0 Å². The fraction of sp³-hybridized carbons (Fsp3) is 0. The van der Waals surface area contributed by atoms with E-state index < -0.39 is 0 Å². The molecule has 2 rings (SSSR count). The SMILES string of the molecule is N#CC(=CNc1ccc(F)c(Br)c1)c1nn[nH]n1. The average Bonchev–Trinajstić information content (AvgIpc) is 2.88. The van der Waals surface area contributed by atoms with Crippen molar-refractivity contribution in [2.24, 2.45) is 0 Å². The van der Waals surface area contributed by atoms with Crippen molar-refractivity contribution in [3.8, 4) is 6.07 Å². The number of benzene rings is 1. The number of H-pyrrole nitrogens is 1. The molecule has 2 N–H and O–H groups in total. The molecule has 18 heavy (non-hydrogen) atoms. The molecule has 0 saturated carbocycles. The lowest BCUT2D eigenvalue weighted by Crippen LogP contribution is -1.93. The molecule has 90 valence electrons. The van der Waals surface area contributed by atoms with E-state index in [1.54, 1.807) is 12.1 Å². The molecule has 0 unspecified atom stereocenters. The Labute approximate surface area is 110 Å².